The fourth-order valence-corrected chi connectivity index (χ4v) is 0.617. The third kappa shape index (κ3) is 7.49. The Bertz CT molecular complexity index is 117. The van der Waals surface area contributed by atoms with E-state index in [0.717, 1.165) is 13.2 Å². The maximum Gasteiger partial charge on any atom is 0.162 e. The number of hydrogen-bond donors (Lipinski definition) is 0. The highest BCUT2D eigenvalue weighted by molar-refractivity contribution is 5.72. The van der Waals surface area contributed by atoms with E-state index in [1.807, 2.05) is 13.8 Å². The standard InChI is InChI=1S/C5H10O2.C3H6O/c1-5(2)6-3-4-7-5;1-3(2)4/h3-4H2,1-2H3;1-2H3. The van der Waals surface area contributed by atoms with Crippen molar-refractivity contribution in [1.29, 1.82) is 0 Å². The average molecular weight is 160 g/mol. The van der Waals surface area contributed by atoms with Gasteiger partial charge < -0.3 is 14.3 Å². The zero-order valence-corrected chi connectivity index (χ0v) is 7.64. The summed E-state index contributed by atoms with van der Waals surface area (Å²) in [5.74, 6) is -0.139. The molecule has 0 radical (unpaired) electrons. The fourth-order valence-electron chi connectivity index (χ4n) is 0.617. The van der Waals surface area contributed by atoms with Gasteiger partial charge in [0, 0.05) is 0 Å². The van der Waals surface area contributed by atoms with E-state index in [-0.39, 0.29) is 11.6 Å². The highest BCUT2D eigenvalue weighted by atomic mass is 16.7. The average Bonchev–Trinajstić information content (AvgIpc) is 2.11. The minimum absolute atomic E-state index is 0.167. The van der Waals surface area contributed by atoms with Gasteiger partial charge in [-0.1, -0.05) is 0 Å². The summed E-state index contributed by atoms with van der Waals surface area (Å²) < 4.78 is 10.2. The van der Waals surface area contributed by atoms with Crippen molar-refractivity contribution in [2.45, 2.75) is 33.5 Å². The Morgan fingerprint density at radius 2 is 1.45 bits per heavy atom. The molecule has 0 aromatic heterocycles. The fraction of sp³-hybridized carbons (Fsp3) is 0.875. The molecule has 1 heterocycles. The minimum Gasteiger partial charge on any atom is -0.348 e. The molecule has 0 unspecified atom stereocenters. The van der Waals surface area contributed by atoms with Crippen molar-refractivity contribution in [2.75, 3.05) is 13.2 Å². The first-order valence-electron chi connectivity index (χ1n) is 3.69. The van der Waals surface area contributed by atoms with Crippen molar-refractivity contribution < 1.29 is 14.3 Å². The Balaban J connectivity index is 0.000000218. The Labute approximate surface area is 67.7 Å². The van der Waals surface area contributed by atoms with Gasteiger partial charge in [-0.15, -0.1) is 0 Å². The summed E-state index contributed by atoms with van der Waals surface area (Å²) in [5.41, 5.74) is 0. The van der Waals surface area contributed by atoms with Crippen LogP contribution in [0.2, 0.25) is 0 Å². The lowest BCUT2D eigenvalue weighted by atomic mass is 10.4. The van der Waals surface area contributed by atoms with Crippen molar-refractivity contribution >= 4 is 5.78 Å². The molecule has 0 saturated carbocycles. The van der Waals surface area contributed by atoms with Crippen LogP contribution in [-0.2, 0) is 14.3 Å². The van der Waals surface area contributed by atoms with Crippen LogP contribution < -0.4 is 0 Å². The Hall–Kier alpha value is -0.410. The van der Waals surface area contributed by atoms with Gasteiger partial charge in [0.2, 0.25) is 0 Å². The van der Waals surface area contributed by atoms with E-state index in [9.17, 15) is 4.79 Å². The van der Waals surface area contributed by atoms with Gasteiger partial charge >= 0.3 is 0 Å². The van der Waals surface area contributed by atoms with E-state index >= 15 is 0 Å². The molecule has 1 aliphatic heterocycles. The number of carbonyl (C=O) groups is 1. The number of ketones is 1. The zero-order valence-electron chi connectivity index (χ0n) is 7.64. The van der Waals surface area contributed by atoms with Crippen molar-refractivity contribution in [3.8, 4) is 0 Å². The molecule has 1 fully saturated rings. The van der Waals surface area contributed by atoms with Gasteiger partial charge in [-0.05, 0) is 27.7 Å². The van der Waals surface area contributed by atoms with Gasteiger partial charge in [0.1, 0.15) is 5.78 Å². The molecule has 0 aromatic rings. The first-order chi connectivity index (χ1) is 4.94. The van der Waals surface area contributed by atoms with Gasteiger partial charge in [-0.3, -0.25) is 0 Å². The molecule has 0 bridgehead atoms. The second-order valence-corrected chi connectivity index (χ2v) is 3.01. The topological polar surface area (TPSA) is 35.5 Å². The summed E-state index contributed by atoms with van der Waals surface area (Å²) in [4.78, 5) is 9.44. The van der Waals surface area contributed by atoms with E-state index < -0.39 is 0 Å². The van der Waals surface area contributed by atoms with Crippen LogP contribution in [0, 0.1) is 0 Å². The predicted molar refractivity (Wildman–Crippen MR) is 42.3 cm³/mol. The van der Waals surface area contributed by atoms with Crippen molar-refractivity contribution in [2.24, 2.45) is 0 Å². The molecule has 3 nitrogen and oxygen atoms in total. The second kappa shape index (κ2) is 4.46. The first-order valence-corrected chi connectivity index (χ1v) is 3.69. The molecular weight excluding hydrogens is 144 g/mol. The highest BCUT2D eigenvalue weighted by Gasteiger charge is 2.23. The summed E-state index contributed by atoms with van der Waals surface area (Å²) in [7, 11) is 0. The summed E-state index contributed by atoms with van der Waals surface area (Å²) in [6.45, 7) is 8.38. The molecule has 0 atom stereocenters. The molecule has 0 aliphatic carbocycles. The summed E-state index contributed by atoms with van der Waals surface area (Å²) in [5, 5.41) is 0. The minimum atomic E-state index is -0.306. The normalized spacial score (nSPS) is 20.4. The number of ether oxygens (including phenoxy) is 2. The van der Waals surface area contributed by atoms with Crippen LogP contribution in [0.1, 0.15) is 27.7 Å². The Kier molecular flexibility index (Phi) is 4.30. The van der Waals surface area contributed by atoms with Crippen molar-refractivity contribution in [3.05, 3.63) is 0 Å². The Morgan fingerprint density at radius 1 is 1.18 bits per heavy atom. The quantitative estimate of drug-likeness (QED) is 0.536. The Morgan fingerprint density at radius 3 is 1.55 bits per heavy atom. The summed E-state index contributed by atoms with van der Waals surface area (Å²) in [6, 6.07) is 0. The second-order valence-electron chi connectivity index (χ2n) is 3.01. The van der Waals surface area contributed by atoms with E-state index in [1.54, 1.807) is 0 Å². The molecule has 0 spiro atoms. The molecular formula is C8H16O3. The van der Waals surface area contributed by atoms with Gasteiger partial charge in [-0.2, -0.15) is 0 Å². The van der Waals surface area contributed by atoms with Crippen LogP contribution in [-0.4, -0.2) is 24.8 Å². The summed E-state index contributed by atoms with van der Waals surface area (Å²) >= 11 is 0. The smallest absolute Gasteiger partial charge is 0.162 e. The molecule has 0 aromatic carbocycles. The molecule has 1 saturated heterocycles. The van der Waals surface area contributed by atoms with Crippen LogP contribution in [0.3, 0.4) is 0 Å². The lowest BCUT2D eigenvalue weighted by Crippen LogP contribution is -2.18. The molecule has 0 N–H and O–H groups in total. The van der Waals surface area contributed by atoms with Crippen LogP contribution in [0.4, 0.5) is 0 Å². The van der Waals surface area contributed by atoms with Crippen molar-refractivity contribution in [3.63, 3.8) is 0 Å². The summed E-state index contributed by atoms with van der Waals surface area (Å²) in [6.07, 6.45) is 0. The van der Waals surface area contributed by atoms with Crippen molar-refractivity contribution in [1.82, 2.24) is 0 Å². The molecule has 11 heavy (non-hydrogen) atoms. The third-order valence-corrected chi connectivity index (χ3v) is 0.983. The van der Waals surface area contributed by atoms with Crippen LogP contribution in [0.15, 0.2) is 0 Å². The van der Waals surface area contributed by atoms with Gasteiger partial charge in [0.15, 0.2) is 5.79 Å². The zero-order chi connectivity index (χ0) is 8.91. The largest absolute Gasteiger partial charge is 0.348 e. The number of rotatable bonds is 0. The van der Waals surface area contributed by atoms with Gasteiger partial charge in [-0.25, -0.2) is 0 Å². The molecule has 3 heteroatoms. The van der Waals surface area contributed by atoms with Gasteiger partial charge in [0.05, 0.1) is 13.2 Å². The van der Waals surface area contributed by atoms with E-state index in [0.29, 0.717) is 0 Å². The highest BCUT2D eigenvalue weighted by Crippen LogP contribution is 2.15. The molecule has 1 rings (SSSR count). The van der Waals surface area contributed by atoms with Gasteiger partial charge in [0.25, 0.3) is 0 Å². The molecule has 0 amide bonds. The van der Waals surface area contributed by atoms with Crippen LogP contribution in [0.25, 0.3) is 0 Å². The lowest BCUT2D eigenvalue weighted by Gasteiger charge is -2.13. The van der Waals surface area contributed by atoms with Crippen LogP contribution in [0.5, 0.6) is 0 Å². The molecule has 66 valence electrons. The predicted octanol–water partition coefficient (Wildman–Crippen LogP) is 1.36. The van der Waals surface area contributed by atoms with Crippen LogP contribution >= 0.6 is 0 Å². The lowest BCUT2D eigenvalue weighted by molar-refractivity contribution is -0.125. The third-order valence-electron chi connectivity index (χ3n) is 0.983. The maximum absolute atomic E-state index is 9.44. The number of Topliss-reactive ketones (excluding diaryl/α,β-unsaturated/α-hetero) is 1. The number of hydrogen-bond acceptors (Lipinski definition) is 3. The first kappa shape index (κ1) is 10.6. The molecule has 1 aliphatic rings. The maximum atomic E-state index is 9.44. The van der Waals surface area contributed by atoms with E-state index in [2.05, 4.69) is 0 Å². The monoisotopic (exact) mass is 160 g/mol. The SMILES string of the molecule is CC(C)=O.CC1(C)OCCO1. The van der Waals surface area contributed by atoms with E-state index in [1.165, 1.54) is 13.8 Å². The van der Waals surface area contributed by atoms with E-state index in [4.69, 9.17) is 9.47 Å². The number of carbonyl (C=O) groups excluding carboxylic acids is 1.